The Hall–Kier alpha value is -3.08. The van der Waals surface area contributed by atoms with E-state index in [9.17, 15) is 4.79 Å². The summed E-state index contributed by atoms with van der Waals surface area (Å²) in [4.78, 5) is 24.8. The van der Waals surface area contributed by atoms with Crippen LogP contribution in [0.25, 0.3) is 21.9 Å². The van der Waals surface area contributed by atoms with Gasteiger partial charge in [0.2, 0.25) is 0 Å². The summed E-state index contributed by atoms with van der Waals surface area (Å²) in [7, 11) is 2.86. The third-order valence-corrected chi connectivity index (χ3v) is 8.65. The van der Waals surface area contributed by atoms with Crippen LogP contribution in [0.15, 0.2) is 36.7 Å². The monoisotopic (exact) mass is 505 g/mol. The minimum Gasteiger partial charge on any atom is -0.361 e. The summed E-state index contributed by atoms with van der Waals surface area (Å²) in [6.45, 7) is 9.31. The molecule has 0 radical (unpaired) electrons. The highest BCUT2D eigenvalue weighted by Gasteiger charge is 2.28. The Kier molecular flexibility index (Phi) is 6.67. The van der Waals surface area contributed by atoms with Crippen molar-refractivity contribution < 1.29 is 9.53 Å². The van der Waals surface area contributed by atoms with Crippen LogP contribution in [0.2, 0.25) is 25.7 Å². The predicted octanol–water partition coefficient (Wildman–Crippen LogP) is 4.65. The van der Waals surface area contributed by atoms with Crippen molar-refractivity contribution in [3.05, 3.63) is 48.0 Å². The first-order chi connectivity index (χ1) is 17.2. The summed E-state index contributed by atoms with van der Waals surface area (Å²) in [5.74, 6) is 1.29. The molecule has 0 saturated carbocycles. The second kappa shape index (κ2) is 9.76. The van der Waals surface area contributed by atoms with E-state index in [1.807, 2.05) is 31.3 Å². The molecule has 1 amide bonds. The van der Waals surface area contributed by atoms with E-state index in [1.54, 1.807) is 17.1 Å². The molecule has 1 N–H and O–H groups in total. The molecule has 1 atom stereocenters. The van der Waals surface area contributed by atoms with Crippen molar-refractivity contribution in [1.82, 2.24) is 29.2 Å². The molecule has 190 valence electrons. The van der Waals surface area contributed by atoms with Gasteiger partial charge in [-0.05, 0) is 50.7 Å². The van der Waals surface area contributed by atoms with Crippen molar-refractivity contribution >= 4 is 41.7 Å². The van der Waals surface area contributed by atoms with Crippen LogP contribution in [-0.4, -0.2) is 63.4 Å². The summed E-state index contributed by atoms with van der Waals surface area (Å²) >= 11 is 0. The lowest BCUT2D eigenvalue weighted by Crippen LogP contribution is -2.23. The van der Waals surface area contributed by atoms with Crippen LogP contribution in [0, 0.1) is 0 Å². The average molecular weight is 506 g/mol. The van der Waals surface area contributed by atoms with Gasteiger partial charge in [0, 0.05) is 38.7 Å². The fourth-order valence-electron chi connectivity index (χ4n) is 4.77. The molecule has 1 aliphatic heterocycles. The largest absolute Gasteiger partial charge is 0.361 e. The SMILES string of the molecule is CN1CCCC1c1nc2cnc(NC(=O)c3ccc4c(cnn4C)c3)cc2n1COCC[Si](C)(C)C. The first-order valence-electron chi connectivity index (χ1n) is 12.6. The number of fused-ring (bicyclic) bond motifs is 2. The highest BCUT2D eigenvalue weighted by molar-refractivity contribution is 6.76. The van der Waals surface area contributed by atoms with Crippen LogP contribution in [0.1, 0.15) is 35.1 Å². The number of carbonyl (C=O) groups is 1. The van der Waals surface area contributed by atoms with E-state index in [-0.39, 0.29) is 11.9 Å². The van der Waals surface area contributed by atoms with E-state index >= 15 is 0 Å². The second-order valence-corrected chi connectivity index (χ2v) is 16.6. The molecular weight excluding hydrogens is 470 g/mol. The zero-order valence-corrected chi connectivity index (χ0v) is 22.8. The molecule has 0 aliphatic carbocycles. The van der Waals surface area contributed by atoms with E-state index < -0.39 is 8.07 Å². The lowest BCUT2D eigenvalue weighted by molar-refractivity contribution is 0.0849. The summed E-state index contributed by atoms with van der Waals surface area (Å²) in [6, 6.07) is 8.84. The predicted molar refractivity (Wildman–Crippen MR) is 145 cm³/mol. The number of imidazole rings is 1. The van der Waals surface area contributed by atoms with Crippen LogP contribution in [0.3, 0.4) is 0 Å². The summed E-state index contributed by atoms with van der Waals surface area (Å²) in [5, 5.41) is 8.14. The minimum absolute atomic E-state index is 0.208. The Balaban J connectivity index is 1.42. The van der Waals surface area contributed by atoms with Crippen LogP contribution < -0.4 is 5.32 Å². The topological polar surface area (TPSA) is 90.1 Å². The molecule has 4 heterocycles. The molecule has 1 unspecified atom stereocenters. The van der Waals surface area contributed by atoms with Gasteiger partial charge in [0.15, 0.2) is 0 Å². The van der Waals surface area contributed by atoms with Gasteiger partial charge in [0.25, 0.3) is 5.91 Å². The maximum Gasteiger partial charge on any atom is 0.256 e. The number of carbonyl (C=O) groups excluding carboxylic acids is 1. The molecule has 9 nitrogen and oxygen atoms in total. The number of rotatable bonds is 8. The molecule has 10 heteroatoms. The number of hydrogen-bond acceptors (Lipinski definition) is 6. The number of aromatic nitrogens is 5. The van der Waals surface area contributed by atoms with Crippen LogP contribution >= 0.6 is 0 Å². The highest BCUT2D eigenvalue weighted by Crippen LogP contribution is 2.32. The molecule has 1 saturated heterocycles. The molecule has 1 fully saturated rings. The van der Waals surface area contributed by atoms with Crippen molar-refractivity contribution in [1.29, 1.82) is 0 Å². The average Bonchev–Trinajstić information content (AvgIpc) is 3.52. The second-order valence-electron chi connectivity index (χ2n) is 10.9. The number of amides is 1. The van der Waals surface area contributed by atoms with Gasteiger partial charge >= 0.3 is 0 Å². The molecule has 4 aromatic rings. The first-order valence-corrected chi connectivity index (χ1v) is 16.3. The van der Waals surface area contributed by atoms with E-state index in [2.05, 4.69) is 51.6 Å². The van der Waals surface area contributed by atoms with Crippen LogP contribution in [0.4, 0.5) is 5.82 Å². The first kappa shape index (κ1) is 24.6. The maximum absolute atomic E-state index is 13.0. The Morgan fingerprint density at radius 3 is 2.75 bits per heavy atom. The number of benzene rings is 1. The van der Waals surface area contributed by atoms with Gasteiger partial charge in [0.1, 0.15) is 23.9 Å². The number of hydrogen-bond donors (Lipinski definition) is 1. The zero-order chi connectivity index (χ0) is 25.4. The van der Waals surface area contributed by atoms with E-state index in [0.29, 0.717) is 18.1 Å². The van der Waals surface area contributed by atoms with Gasteiger partial charge in [0.05, 0.1) is 29.5 Å². The van der Waals surface area contributed by atoms with Crippen molar-refractivity contribution in [2.45, 2.75) is 51.3 Å². The van der Waals surface area contributed by atoms with Crippen LogP contribution in [-0.2, 0) is 18.5 Å². The minimum atomic E-state index is -1.18. The number of ether oxygens (including phenoxy) is 1. The van der Waals surface area contributed by atoms with Crippen molar-refractivity contribution in [3.63, 3.8) is 0 Å². The number of nitrogens with one attached hydrogen (secondary N) is 1. The quantitative estimate of drug-likeness (QED) is 0.277. The van der Waals surface area contributed by atoms with Gasteiger partial charge in [-0.25, -0.2) is 9.97 Å². The molecule has 1 aromatic carbocycles. The lowest BCUT2D eigenvalue weighted by Gasteiger charge is -2.21. The Morgan fingerprint density at radius 1 is 1.17 bits per heavy atom. The van der Waals surface area contributed by atoms with Gasteiger partial charge < -0.3 is 14.6 Å². The Morgan fingerprint density at radius 2 is 2.00 bits per heavy atom. The standard InChI is InChI=1S/C26H35N7O2Si/c1-31-10-6-7-22(31)25-29-20-16-27-24(14-23(20)33(25)17-35-11-12-36(3,4)5)30-26(34)18-8-9-21-19(13-18)15-28-32(21)2/h8-9,13-16,22H,6-7,10-12,17H2,1-5H3,(H,27,30,34). The van der Waals surface area contributed by atoms with Crippen LogP contribution in [0.5, 0.6) is 0 Å². The normalized spacial score (nSPS) is 16.9. The van der Waals surface area contributed by atoms with E-state index in [4.69, 9.17) is 9.72 Å². The fraction of sp³-hybridized carbons (Fsp3) is 0.462. The molecule has 0 spiro atoms. The van der Waals surface area contributed by atoms with E-state index in [1.165, 1.54) is 0 Å². The van der Waals surface area contributed by atoms with Gasteiger partial charge in [-0.1, -0.05) is 19.6 Å². The van der Waals surface area contributed by atoms with Crippen molar-refractivity contribution in [2.24, 2.45) is 7.05 Å². The third kappa shape index (κ3) is 5.06. The zero-order valence-electron chi connectivity index (χ0n) is 21.8. The summed E-state index contributed by atoms with van der Waals surface area (Å²) < 4.78 is 10.1. The van der Waals surface area contributed by atoms with E-state index in [0.717, 1.165) is 59.8 Å². The highest BCUT2D eigenvalue weighted by atomic mass is 28.3. The molecular formula is C26H35N7O2Si. The fourth-order valence-corrected chi connectivity index (χ4v) is 5.53. The smallest absolute Gasteiger partial charge is 0.256 e. The summed E-state index contributed by atoms with van der Waals surface area (Å²) in [5.41, 5.74) is 3.28. The molecule has 36 heavy (non-hydrogen) atoms. The lowest BCUT2D eigenvalue weighted by atomic mass is 10.1. The Labute approximate surface area is 212 Å². The molecule has 5 rings (SSSR count). The van der Waals surface area contributed by atoms with Gasteiger partial charge in [-0.15, -0.1) is 0 Å². The number of likely N-dealkylation sites (tertiary alicyclic amines) is 1. The molecule has 3 aromatic heterocycles. The molecule has 0 bridgehead atoms. The number of pyridine rings is 1. The number of nitrogens with zero attached hydrogens (tertiary/aromatic N) is 6. The van der Waals surface area contributed by atoms with Crippen molar-refractivity contribution in [3.8, 4) is 0 Å². The maximum atomic E-state index is 13.0. The van der Waals surface area contributed by atoms with Gasteiger partial charge in [-0.2, -0.15) is 5.10 Å². The van der Waals surface area contributed by atoms with Gasteiger partial charge in [-0.3, -0.25) is 14.4 Å². The van der Waals surface area contributed by atoms with Crippen molar-refractivity contribution in [2.75, 3.05) is 25.5 Å². The third-order valence-electron chi connectivity index (χ3n) is 6.95. The Bertz CT molecular complexity index is 1400. The number of aryl methyl sites for hydroxylation is 1. The number of anilines is 1. The summed E-state index contributed by atoms with van der Waals surface area (Å²) in [6.07, 6.45) is 5.73. The molecule has 1 aliphatic rings.